The molecule has 2 aromatic heterocycles. The molecule has 45 heavy (non-hydrogen) atoms. The number of fused-ring (bicyclic) bond motifs is 6. The molecular weight excluding hydrogens is 546 g/mol. The highest BCUT2D eigenvalue weighted by Crippen LogP contribution is 2.50. The maximum atomic E-state index is 5.22. The number of nitrogens with zero attached hydrogens (tertiary/aromatic N) is 3. The molecule has 0 fully saturated rings. The number of benzene rings is 6. The molecule has 0 radical (unpaired) electrons. The first-order valence-electron chi connectivity index (χ1n) is 15.5. The predicted octanol–water partition coefficient (Wildman–Crippen LogP) is 10.6. The monoisotopic (exact) mass is 575 g/mol. The standard InChI is InChI=1S/C42H29N3/c1-42(2)35-16-8-6-14-31(35)32-21-19-27(25-36(32)42)28-22-23-33(30-13-5-4-12-29(28)30)40-34-15-7-10-18-38(34)44-41(45-40)39-24-20-26-11-3-9-17-37(26)43-39/h3-25H,1-2H3. The molecule has 0 atom stereocenters. The smallest absolute Gasteiger partial charge is 0.179 e. The molecule has 0 saturated carbocycles. The predicted molar refractivity (Wildman–Crippen MR) is 186 cm³/mol. The minimum Gasteiger partial charge on any atom is -0.244 e. The van der Waals surface area contributed by atoms with Gasteiger partial charge >= 0.3 is 0 Å². The molecule has 0 N–H and O–H groups in total. The lowest BCUT2D eigenvalue weighted by atomic mass is 9.81. The Morgan fingerprint density at radius 2 is 1.09 bits per heavy atom. The first kappa shape index (κ1) is 25.8. The van der Waals surface area contributed by atoms with E-state index in [1.165, 1.54) is 44.2 Å². The topological polar surface area (TPSA) is 38.7 Å². The van der Waals surface area contributed by atoms with Gasteiger partial charge in [0.05, 0.1) is 16.7 Å². The molecule has 0 aliphatic heterocycles. The van der Waals surface area contributed by atoms with E-state index in [1.807, 2.05) is 30.3 Å². The molecule has 1 aliphatic rings. The zero-order valence-electron chi connectivity index (χ0n) is 25.1. The summed E-state index contributed by atoms with van der Waals surface area (Å²) in [6, 6.07) is 49.5. The zero-order chi connectivity index (χ0) is 30.1. The minimum absolute atomic E-state index is 0.0508. The molecule has 0 amide bonds. The summed E-state index contributed by atoms with van der Waals surface area (Å²) < 4.78 is 0. The summed E-state index contributed by atoms with van der Waals surface area (Å²) in [5.74, 6) is 0.628. The molecule has 9 rings (SSSR count). The number of hydrogen-bond acceptors (Lipinski definition) is 3. The molecule has 0 unspecified atom stereocenters. The highest BCUT2D eigenvalue weighted by Gasteiger charge is 2.35. The van der Waals surface area contributed by atoms with Gasteiger partial charge in [-0.25, -0.2) is 15.0 Å². The highest BCUT2D eigenvalue weighted by molar-refractivity contribution is 6.08. The van der Waals surface area contributed by atoms with Crippen molar-refractivity contribution in [3.63, 3.8) is 0 Å². The van der Waals surface area contributed by atoms with E-state index in [9.17, 15) is 0 Å². The van der Waals surface area contributed by atoms with Crippen LogP contribution in [0.4, 0.5) is 0 Å². The van der Waals surface area contributed by atoms with E-state index in [-0.39, 0.29) is 5.41 Å². The van der Waals surface area contributed by atoms with Crippen LogP contribution in [-0.4, -0.2) is 15.0 Å². The van der Waals surface area contributed by atoms with Crippen molar-refractivity contribution < 1.29 is 0 Å². The van der Waals surface area contributed by atoms with Gasteiger partial charge in [-0.2, -0.15) is 0 Å². The summed E-state index contributed by atoms with van der Waals surface area (Å²) in [5, 5.41) is 4.50. The van der Waals surface area contributed by atoms with Crippen molar-refractivity contribution in [3.8, 4) is 45.0 Å². The van der Waals surface area contributed by atoms with Crippen LogP contribution in [-0.2, 0) is 5.41 Å². The van der Waals surface area contributed by atoms with Crippen LogP contribution in [0.1, 0.15) is 25.0 Å². The first-order chi connectivity index (χ1) is 22.1. The van der Waals surface area contributed by atoms with Crippen LogP contribution >= 0.6 is 0 Å². The molecule has 0 bridgehead atoms. The second kappa shape index (κ2) is 9.67. The van der Waals surface area contributed by atoms with Gasteiger partial charge in [-0.3, -0.25) is 0 Å². The van der Waals surface area contributed by atoms with Gasteiger partial charge < -0.3 is 0 Å². The van der Waals surface area contributed by atoms with Crippen LogP contribution < -0.4 is 0 Å². The van der Waals surface area contributed by atoms with Gasteiger partial charge in [-0.15, -0.1) is 0 Å². The van der Waals surface area contributed by atoms with Gasteiger partial charge in [-0.1, -0.05) is 129 Å². The van der Waals surface area contributed by atoms with E-state index in [1.54, 1.807) is 0 Å². The summed E-state index contributed by atoms with van der Waals surface area (Å²) >= 11 is 0. The average Bonchev–Trinajstić information content (AvgIpc) is 3.32. The van der Waals surface area contributed by atoms with Gasteiger partial charge in [0.15, 0.2) is 5.82 Å². The Bertz CT molecular complexity index is 2470. The molecular formula is C42H29N3. The number of pyridine rings is 1. The molecule has 8 aromatic rings. The molecule has 3 heteroatoms. The zero-order valence-corrected chi connectivity index (χ0v) is 25.1. The second-order valence-corrected chi connectivity index (χ2v) is 12.4. The molecule has 0 spiro atoms. The average molecular weight is 576 g/mol. The third-order valence-corrected chi connectivity index (χ3v) is 9.50. The summed E-state index contributed by atoms with van der Waals surface area (Å²) in [4.78, 5) is 15.1. The van der Waals surface area contributed by atoms with Crippen LogP contribution in [0.5, 0.6) is 0 Å². The number of rotatable bonds is 3. The number of hydrogen-bond donors (Lipinski definition) is 0. The Morgan fingerprint density at radius 3 is 1.96 bits per heavy atom. The van der Waals surface area contributed by atoms with E-state index in [4.69, 9.17) is 15.0 Å². The first-order valence-corrected chi connectivity index (χ1v) is 15.5. The van der Waals surface area contributed by atoms with Crippen molar-refractivity contribution in [2.24, 2.45) is 0 Å². The fourth-order valence-electron chi connectivity index (χ4n) is 7.22. The minimum atomic E-state index is -0.0508. The van der Waals surface area contributed by atoms with Crippen molar-refractivity contribution in [1.29, 1.82) is 0 Å². The van der Waals surface area contributed by atoms with Gasteiger partial charge in [0.1, 0.15) is 5.69 Å². The van der Waals surface area contributed by atoms with Crippen LogP contribution in [0.2, 0.25) is 0 Å². The lowest BCUT2D eigenvalue weighted by Crippen LogP contribution is -2.14. The maximum absolute atomic E-state index is 5.22. The van der Waals surface area contributed by atoms with Crippen molar-refractivity contribution >= 4 is 32.6 Å². The summed E-state index contributed by atoms with van der Waals surface area (Å²) in [7, 11) is 0. The summed E-state index contributed by atoms with van der Waals surface area (Å²) in [6.07, 6.45) is 0. The van der Waals surface area contributed by atoms with E-state index >= 15 is 0 Å². The van der Waals surface area contributed by atoms with Gasteiger partial charge in [0.2, 0.25) is 0 Å². The molecule has 2 heterocycles. The lowest BCUT2D eigenvalue weighted by molar-refractivity contribution is 0.660. The van der Waals surface area contributed by atoms with E-state index in [2.05, 4.69) is 123 Å². The maximum Gasteiger partial charge on any atom is 0.179 e. The summed E-state index contributed by atoms with van der Waals surface area (Å²) in [5.41, 5.74) is 12.5. The molecule has 6 aromatic carbocycles. The quantitative estimate of drug-likeness (QED) is 0.210. The molecule has 3 nitrogen and oxygen atoms in total. The fraction of sp³-hybridized carbons (Fsp3) is 0.0714. The van der Waals surface area contributed by atoms with E-state index < -0.39 is 0 Å². The van der Waals surface area contributed by atoms with E-state index in [0.29, 0.717) is 5.82 Å². The Balaban J connectivity index is 1.23. The second-order valence-electron chi connectivity index (χ2n) is 12.4. The van der Waals surface area contributed by atoms with Crippen LogP contribution in [0, 0.1) is 0 Å². The van der Waals surface area contributed by atoms with Crippen molar-refractivity contribution in [3.05, 3.63) is 151 Å². The van der Waals surface area contributed by atoms with Crippen LogP contribution in [0.25, 0.3) is 77.6 Å². The largest absolute Gasteiger partial charge is 0.244 e. The molecule has 1 aliphatic carbocycles. The van der Waals surface area contributed by atoms with Gasteiger partial charge in [0.25, 0.3) is 0 Å². The van der Waals surface area contributed by atoms with Crippen molar-refractivity contribution in [2.45, 2.75) is 19.3 Å². The van der Waals surface area contributed by atoms with Gasteiger partial charge in [0, 0.05) is 21.8 Å². The Kier molecular flexibility index (Phi) is 5.54. The summed E-state index contributed by atoms with van der Waals surface area (Å²) in [6.45, 7) is 4.68. The van der Waals surface area contributed by atoms with Crippen LogP contribution in [0.15, 0.2) is 140 Å². The van der Waals surface area contributed by atoms with Crippen molar-refractivity contribution in [1.82, 2.24) is 15.0 Å². The van der Waals surface area contributed by atoms with Crippen molar-refractivity contribution in [2.75, 3.05) is 0 Å². The third-order valence-electron chi connectivity index (χ3n) is 9.50. The Morgan fingerprint density at radius 1 is 0.444 bits per heavy atom. The third kappa shape index (κ3) is 3.94. The van der Waals surface area contributed by atoms with Gasteiger partial charge in [-0.05, 0) is 68.4 Å². The SMILES string of the molecule is CC1(C)c2ccccc2-c2ccc(-c3ccc(-c4nc(-c5ccc6ccccc6n5)nc5ccccc45)c4ccccc34)cc21. The number of aromatic nitrogens is 3. The fourth-order valence-corrected chi connectivity index (χ4v) is 7.22. The van der Waals surface area contributed by atoms with E-state index in [0.717, 1.165) is 38.8 Å². The van der Waals surface area contributed by atoms with Crippen LogP contribution in [0.3, 0.4) is 0 Å². The molecule has 212 valence electrons. The number of para-hydroxylation sites is 2. The Hall–Kier alpha value is -5.67. The normalized spacial score (nSPS) is 13.3. The lowest BCUT2D eigenvalue weighted by Gasteiger charge is -2.22. The Labute approximate surface area is 261 Å². The molecule has 0 saturated heterocycles. The highest BCUT2D eigenvalue weighted by atomic mass is 14.9.